The molecule has 7 nitrogen and oxygen atoms in total. The Morgan fingerprint density at radius 2 is 1.90 bits per heavy atom. The molecule has 2 aromatic carbocycles. The van der Waals surface area contributed by atoms with Crippen LogP contribution in [0.4, 0.5) is 5.69 Å². The van der Waals surface area contributed by atoms with Crippen molar-refractivity contribution in [1.29, 1.82) is 0 Å². The van der Waals surface area contributed by atoms with Gasteiger partial charge in [0.25, 0.3) is 0 Å². The van der Waals surface area contributed by atoms with Crippen LogP contribution in [0.3, 0.4) is 0 Å². The predicted molar refractivity (Wildman–Crippen MR) is 117 cm³/mol. The van der Waals surface area contributed by atoms with Gasteiger partial charge in [0.2, 0.25) is 23.2 Å². The second-order valence-electron chi connectivity index (χ2n) is 7.04. The van der Waals surface area contributed by atoms with E-state index >= 15 is 0 Å². The highest BCUT2D eigenvalue weighted by atomic mass is 32.2. The number of amides is 1. The highest BCUT2D eigenvalue weighted by molar-refractivity contribution is 7.98. The average molecular weight is 417 g/mol. The second-order valence-corrected chi connectivity index (χ2v) is 7.81. The van der Waals surface area contributed by atoms with Crippen LogP contribution in [-0.2, 0) is 4.79 Å². The number of rotatable bonds is 2. The highest BCUT2D eigenvalue weighted by Crippen LogP contribution is 2.45. The van der Waals surface area contributed by atoms with E-state index in [1.165, 1.54) is 11.8 Å². The molecule has 1 N–H and O–H groups in total. The van der Waals surface area contributed by atoms with E-state index in [0.717, 1.165) is 27.7 Å². The SMILES string of the molecule is CSc1nnc2c(n1)OC(c1c(C)[nH]c3ccccc13)N(C(C)=O)c1ccccc1-2. The van der Waals surface area contributed by atoms with E-state index in [-0.39, 0.29) is 5.91 Å². The quantitative estimate of drug-likeness (QED) is 0.484. The lowest BCUT2D eigenvalue weighted by Gasteiger charge is -2.30. The number of carbonyl (C=O) groups is 1. The van der Waals surface area contributed by atoms with Gasteiger partial charge in [-0.3, -0.25) is 9.69 Å². The molecule has 0 bridgehead atoms. The van der Waals surface area contributed by atoms with E-state index in [2.05, 4.69) is 20.2 Å². The molecule has 0 saturated heterocycles. The smallest absolute Gasteiger partial charge is 0.247 e. The number of hydrogen-bond donors (Lipinski definition) is 1. The van der Waals surface area contributed by atoms with Gasteiger partial charge in [0.15, 0.2) is 5.69 Å². The van der Waals surface area contributed by atoms with Crippen molar-refractivity contribution in [3.05, 3.63) is 59.8 Å². The topological polar surface area (TPSA) is 84.0 Å². The summed E-state index contributed by atoms with van der Waals surface area (Å²) in [6, 6.07) is 15.6. The van der Waals surface area contributed by atoms with Gasteiger partial charge in [-0.15, -0.1) is 10.2 Å². The van der Waals surface area contributed by atoms with Crippen molar-refractivity contribution in [2.75, 3.05) is 11.2 Å². The Kier molecular flexibility index (Phi) is 4.43. The summed E-state index contributed by atoms with van der Waals surface area (Å²) in [5.41, 5.74) is 4.81. The first-order chi connectivity index (χ1) is 14.6. The third-order valence-electron chi connectivity index (χ3n) is 5.22. The van der Waals surface area contributed by atoms with E-state index in [1.807, 2.05) is 61.7 Å². The molecular formula is C22H19N5O2S. The summed E-state index contributed by atoms with van der Waals surface area (Å²) in [7, 11) is 0. The number of ether oxygens (including phenoxy) is 1. The predicted octanol–water partition coefficient (Wildman–Crippen LogP) is 4.49. The molecule has 0 spiro atoms. The highest BCUT2D eigenvalue weighted by Gasteiger charge is 2.36. The van der Waals surface area contributed by atoms with E-state index in [0.29, 0.717) is 22.4 Å². The van der Waals surface area contributed by atoms with Crippen molar-refractivity contribution in [1.82, 2.24) is 20.2 Å². The van der Waals surface area contributed by atoms with Crippen molar-refractivity contribution < 1.29 is 9.53 Å². The molecule has 8 heteroatoms. The second kappa shape index (κ2) is 7.14. The van der Waals surface area contributed by atoms with Crippen molar-refractivity contribution in [3.63, 3.8) is 0 Å². The monoisotopic (exact) mass is 417 g/mol. The number of anilines is 1. The summed E-state index contributed by atoms with van der Waals surface area (Å²) >= 11 is 1.39. The lowest BCUT2D eigenvalue weighted by atomic mass is 10.1. The van der Waals surface area contributed by atoms with Crippen LogP contribution in [0.5, 0.6) is 5.88 Å². The van der Waals surface area contributed by atoms with Gasteiger partial charge in [0, 0.05) is 34.6 Å². The molecule has 1 unspecified atom stereocenters. The summed E-state index contributed by atoms with van der Waals surface area (Å²) < 4.78 is 6.45. The molecule has 1 amide bonds. The van der Waals surface area contributed by atoms with Gasteiger partial charge < -0.3 is 9.72 Å². The van der Waals surface area contributed by atoms with Gasteiger partial charge in [0.05, 0.1) is 5.69 Å². The number of fused-ring (bicyclic) bond motifs is 4. The van der Waals surface area contributed by atoms with Crippen LogP contribution < -0.4 is 9.64 Å². The number of aryl methyl sites for hydroxylation is 1. The summed E-state index contributed by atoms with van der Waals surface area (Å²) in [4.78, 5) is 22.6. The minimum atomic E-state index is -0.701. The van der Waals surface area contributed by atoms with Gasteiger partial charge in [-0.2, -0.15) is 4.98 Å². The van der Waals surface area contributed by atoms with Crippen LogP contribution in [0.15, 0.2) is 53.7 Å². The van der Waals surface area contributed by atoms with E-state index in [4.69, 9.17) is 4.74 Å². The maximum atomic E-state index is 12.9. The number of thioether (sulfide) groups is 1. The normalized spacial score (nSPS) is 15.3. The Hall–Kier alpha value is -3.39. The third-order valence-corrected chi connectivity index (χ3v) is 5.76. The first-order valence-electron chi connectivity index (χ1n) is 9.50. The number of aromatic nitrogens is 4. The molecule has 0 fully saturated rings. The van der Waals surface area contributed by atoms with Crippen LogP contribution >= 0.6 is 11.8 Å². The Labute approximate surface area is 177 Å². The van der Waals surface area contributed by atoms with Crippen LogP contribution in [0.2, 0.25) is 0 Å². The van der Waals surface area contributed by atoms with Gasteiger partial charge in [-0.25, -0.2) is 0 Å². The fraction of sp³-hybridized carbons (Fsp3) is 0.182. The fourth-order valence-corrected chi connectivity index (χ4v) is 4.24. The van der Waals surface area contributed by atoms with Gasteiger partial charge in [0.1, 0.15) is 0 Å². The Morgan fingerprint density at radius 1 is 1.13 bits per heavy atom. The zero-order valence-corrected chi connectivity index (χ0v) is 17.5. The number of hydrogen-bond acceptors (Lipinski definition) is 6. The number of nitrogens with one attached hydrogen (secondary N) is 1. The molecule has 4 aromatic rings. The van der Waals surface area contributed by atoms with Crippen LogP contribution in [0.25, 0.3) is 22.2 Å². The molecule has 2 aromatic heterocycles. The zero-order valence-electron chi connectivity index (χ0n) is 16.7. The van der Waals surface area contributed by atoms with Crippen molar-refractivity contribution in [2.45, 2.75) is 25.2 Å². The largest absolute Gasteiger partial charge is 0.447 e. The number of benzene rings is 2. The minimum absolute atomic E-state index is 0.136. The van der Waals surface area contributed by atoms with Crippen LogP contribution in [0.1, 0.15) is 24.4 Å². The lowest BCUT2D eigenvalue weighted by molar-refractivity contribution is -0.118. The first kappa shape index (κ1) is 18.6. The summed E-state index contributed by atoms with van der Waals surface area (Å²) in [5.74, 6) is 0.225. The van der Waals surface area contributed by atoms with Crippen LogP contribution in [-0.4, -0.2) is 32.3 Å². The maximum Gasteiger partial charge on any atom is 0.247 e. The van der Waals surface area contributed by atoms with E-state index in [1.54, 1.807) is 11.8 Å². The van der Waals surface area contributed by atoms with Gasteiger partial charge in [-0.1, -0.05) is 48.2 Å². The summed E-state index contributed by atoms with van der Waals surface area (Å²) in [6.07, 6.45) is 1.18. The van der Waals surface area contributed by atoms with Crippen molar-refractivity contribution in [2.24, 2.45) is 0 Å². The molecule has 1 aliphatic rings. The zero-order chi connectivity index (χ0) is 20.8. The van der Waals surface area contributed by atoms with Crippen molar-refractivity contribution >= 4 is 34.3 Å². The number of aromatic amines is 1. The molecular weight excluding hydrogens is 398 g/mol. The van der Waals surface area contributed by atoms with E-state index < -0.39 is 6.23 Å². The number of carbonyl (C=O) groups excluding carboxylic acids is 1. The Bertz CT molecular complexity index is 1290. The molecule has 0 saturated carbocycles. The molecule has 1 aliphatic heterocycles. The van der Waals surface area contributed by atoms with Crippen LogP contribution in [0, 0.1) is 6.92 Å². The Balaban J connectivity index is 1.82. The summed E-state index contributed by atoms with van der Waals surface area (Å²) in [5, 5.41) is 10.1. The van der Waals surface area contributed by atoms with E-state index in [9.17, 15) is 4.79 Å². The third kappa shape index (κ3) is 2.83. The molecule has 1 atom stereocenters. The molecule has 150 valence electrons. The van der Waals surface area contributed by atoms with Gasteiger partial charge in [-0.05, 0) is 25.3 Å². The minimum Gasteiger partial charge on any atom is -0.447 e. The first-order valence-corrected chi connectivity index (χ1v) is 10.7. The molecule has 0 aliphatic carbocycles. The van der Waals surface area contributed by atoms with Gasteiger partial charge >= 0.3 is 0 Å². The number of nitrogens with zero attached hydrogens (tertiary/aromatic N) is 4. The van der Waals surface area contributed by atoms with Crippen molar-refractivity contribution in [3.8, 4) is 17.1 Å². The standard InChI is InChI=1S/C22H19N5O2S/c1-12-18(14-8-4-6-10-16(14)23-12)21-27(13(2)28)17-11-7-5-9-15(17)19-20(29-21)24-22(30-3)26-25-19/h4-11,21,23H,1-3H3. The molecule has 3 heterocycles. The Morgan fingerprint density at radius 3 is 2.70 bits per heavy atom. The summed E-state index contributed by atoms with van der Waals surface area (Å²) in [6.45, 7) is 3.53. The fourth-order valence-electron chi connectivity index (χ4n) is 3.94. The number of para-hydroxylation sites is 2. The molecule has 0 radical (unpaired) electrons. The molecule has 5 rings (SSSR count). The lowest BCUT2D eigenvalue weighted by Crippen LogP contribution is -2.36. The average Bonchev–Trinajstić information content (AvgIpc) is 3.01. The maximum absolute atomic E-state index is 12.9. The molecule has 30 heavy (non-hydrogen) atoms. The number of H-pyrrole nitrogens is 1.